The van der Waals surface area contributed by atoms with Crippen molar-refractivity contribution in [1.82, 2.24) is 4.90 Å². The second kappa shape index (κ2) is 4.59. The molecule has 3 nitrogen and oxygen atoms in total. The van der Waals surface area contributed by atoms with Crippen molar-refractivity contribution in [3.63, 3.8) is 0 Å². The lowest BCUT2D eigenvalue weighted by Crippen LogP contribution is -2.58. The van der Waals surface area contributed by atoms with Crippen molar-refractivity contribution in [2.75, 3.05) is 38.1 Å². The van der Waals surface area contributed by atoms with E-state index < -0.39 is 0 Å². The van der Waals surface area contributed by atoms with E-state index in [4.69, 9.17) is 4.74 Å². The molecule has 92 valence electrons. The number of rotatable bonds is 1. The van der Waals surface area contributed by atoms with E-state index in [0.29, 0.717) is 12.2 Å². The fourth-order valence-corrected chi connectivity index (χ4v) is 3.02. The summed E-state index contributed by atoms with van der Waals surface area (Å²) < 4.78 is 7.11. The molecule has 4 heteroatoms. The molecular weight excluding hydrogens is 280 g/mol. The third-order valence-corrected chi connectivity index (χ3v) is 3.98. The molecule has 0 aromatic heterocycles. The van der Waals surface area contributed by atoms with Crippen molar-refractivity contribution < 1.29 is 4.74 Å². The molecule has 0 N–H and O–H groups in total. The van der Waals surface area contributed by atoms with Crippen LogP contribution in [-0.4, -0.2) is 50.3 Å². The summed E-state index contributed by atoms with van der Waals surface area (Å²) in [5.74, 6) is 0. The maximum atomic E-state index is 5.98. The van der Waals surface area contributed by atoms with Gasteiger partial charge < -0.3 is 14.5 Å². The summed E-state index contributed by atoms with van der Waals surface area (Å²) in [6.45, 7) is 4.10. The largest absolute Gasteiger partial charge is 0.369 e. The Morgan fingerprint density at radius 2 is 1.65 bits per heavy atom. The fraction of sp³-hybridized carbons (Fsp3) is 0.538. The highest BCUT2D eigenvalue weighted by Crippen LogP contribution is 2.25. The number of likely N-dealkylation sites (N-methyl/N-ethyl adjacent to an activating group) is 1. The van der Waals surface area contributed by atoms with E-state index in [2.05, 4.69) is 57.0 Å². The molecule has 2 atom stereocenters. The first-order valence-corrected chi connectivity index (χ1v) is 6.84. The van der Waals surface area contributed by atoms with Gasteiger partial charge in [0, 0.05) is 36.3 Å². The first-order chi connectivity index (χ1) is 8.20. The Morgan fingerprint density at radius 1 is 1.06 bits per heavy atom. The van der Waals surface area contributed by atoms with Crippen LogP contribution in [0.15, 0.2) is 28.7 Å². The highest BCUT2D eigenvalue weighted by molar-refractivity contribution is 9.10. The molecule has 0 aliphatic carbocycles. The molecule has 0 radical (unpaired) electrons. The Labute approximate surface area is 110 Å². The minimum absolute atomic E-state index is 0.358. The van der Waals surface area contributed by atoms with E-state index >= 15 is 0 Å². The molecule has 2 bridgehead atoms. The summed E-state index contributed by atoms with van der Waals surface area (Å²) in [5.41, 5.74) is 1.30. The normalized spacial score (nSPS) is 29.4. The lowest BCUT2D eigenvalue weighted by molar-refractivity contribution is -0.0875. The number of hydrogen-bond acceptors (Lipinski definition) is 3. The van der Waals surface area contributed by atoms with Gasteiger partial charge in [0.1, 0.15) is 0 Å². The van der Waals surface area contributed by atoms with Gasteiger partial charge in [-0.3, -0.25) is 0 Å². The van der Waals surface area contributed by atoms with Crippen molar-refractivity contribution in [3.05, 3.63) is 28.7 Å². The van der Waals surface area contributed by atoms with Gasteiger partial charge in [0.05, 0.1) is 12.2 Å². The van der Waals surface area contributed by atoms with Gasteiger partial charge in [0.15, 0.2) is 0 Å². The summed E-state index contributed by atoms with van der Waals surface area (Å²) in [6.07, 6.45) is 0.715. The first kappa shape index (κ1) is 11.5. The molecule has 2 unspecified atom stereocenters. The molecule has 3 rings (SSSR count). The van der Waals surface area contributed by atoms with Gasteiger partial charge in [0.2, 0.25) is 0 Å². The highest BCUT2D eigenvalue weighted by atomic mass is 79.9. The zero-order valence-corrected chi connectivity index (χ0v) is 11.6. The van der Waals surface area contributed by atoms with Gasteiger partial charge in [-0.15, -0.1) is 0 Å². The smallest absolute Gasteiger partial charge is 0.0881 e. The molecule has 1 aromatic carbocycles. The van der Waals surface area contributed by atoms with Crippen LogP contribution in [-0.2, 0) is 4.74 Å². The number of halogens is 1. The van der Waals surface area contributed by atoms with E-state index in [-0.39, 0.29) is 0 Å². The van der Waals surface area contributed by atoms with Crippen LogP contribution in [0.25, 0.3) is 0 Å². The standard InChI is InChI=1S/C13H17BrN2O/c1-15-6-12-8-16(9-13(7-15)17-12)11-4-2-10(14)3-5-11/h2-5,12-13H,6-9H2,1H3. The van der Waals surface area contributed by atoms with Crippen LogP contribution in [0.3, 0.4) is 0 Å². The number of ether oxygens (including phenoxy) is 1. The number of morpholine rings is 2. The molecule has 0 amide bonds. The van der Waals surface area contributed by atoms with E-state index in [9.17, 15) is 0 Å². The van der Waals surface area contributed by atoms with Crippen molar-refractivity contribution in [1.29, 1.82) is 0 Å². The average molecular weight is 297 g/mol. The van der Waals surface area contributed by atoms with Crippen LogP contribution >= 0.6 is 15.9 Å². The second-order valence-corrected chi connectivity index (χ2v) is 5.90. The van der Waals surface area contributed by atoms with E-state index in [1.54, 1.807) is 0 Å². The van der Waals surface area contributed by atoms with Gasteiger partial charge >= 0.3 is 0 Å². The average Bonchev–Trinajstić information content (AvgIpc) is 2.28. The topological polar surface area (TPSA) is 15.7 Å². The number of fused-ring (bicyclic) bond motifs is 2. The van der Waals surface area contributed by atoms with E-state index in [1.807, 2.05) is 0 Å². The number of anilines is 1. The minimum Gasteiger partial charge on any atom is -0.369 e. The molecule has 2 aliphatic rings. The first-order valence-electron chi connectivity index (χ1n) is 6.05. The molecule has 0 saturated carbocycles. The van der Waals surface area contributed by atoms with Gasteiger partial charge in [-0.2, -0.15) is 0 Å². The Bertz CT molecular complexity index is 377. The van der Waals surface area contributed by atoms with Crippen molar-refractivity contribution >= 4 is 21.6 Å². The second-order valence-electron chi connectivity index (χ2n) is 4.98. The summed E-state index contributed by atoms with van der Waals surface area (Å²) in [6, 6.07) is 8.56. The van der Waals surface area contributed by atoms with Crippen LogP contribution < -0.4 is 4.90 Å². The Hall–Kier alpha value is -0.580. The molecule has 0 spiro atoms. The number of benzene rings is 1. The lowest BCUT2D eigenvalue weighted by atomic mass is 10.1. The number of nitrogens with zero attached hydrogens (tertiary/aromatic N) is 2. The predicted octanol–water partition coefficient (Wildman–Crippen LogP) is 1.97. The molecule has 17 heavy (non-hydrogen) atoms. The molecule has 2 heterocycles. The van der Waals surface area contributed by atoms with Gasteiger partial charge in [-0.1, -0.05) is 15.9 Å². The quantitative estimate of drug-likeness (QED) is 0.788. The summed E-state index contributed by atoms with van der Waals surface area (Å²) in [7, 11) is 2.18. The molecule has 2 fully saturated rings. The third kappa shape index (κ3) is 2.49. The summed E-state index contributed by atoms with van der Waals surface area (Å²) in [5, 5.41) is 0. The van der Waals surface area contributed by atoms with E-state index in [0.717, 1.165) is 30.7 Å². The zero-order chi connectivity index (χ0) is 11.8. The predicted molar refractivity (Wildman–Crippen MR) is 72.5 cm³/mol. The minimum atomic E-state index is 0.358. The third-order valence-electron chi connectivity index (χ3n) is 3.46. The molecule has 2 saturated heterocycles. The summed E-state index contributed by atoms with van der Waals surface area (Å²) in [4.78, 5) is 4.82. The van der Waals surface area contributed by atoms with Gasteiger partial charge in [-0.05, 0) is 31.3 Å². The van der Waals surface area contributed by atoms with Gasteiger partial charge in [0.25, 0.3) is 0 Å². The maximum Gasteiger partial charge on any atom is 0.0881 e. The van der Waals surface area contributed by atoms with Crippen LogP contribution in [0.2, 0.25) is 0 Å². The summed E-state index contributed by atoms with van der Waals surface area (Å²) >= 11 is 3.48. The Morgan fingerprint density at radius 3 is 2.24 bits per heavy atom. The van der Waals surface area contributed by atoms with Crippen LogP contribution in [0.1, 0.15) is 0 Å². The highest BCUT2D eigenvalue weighted by Gasteiger charge is 2.33. The number of hydrogen-bond donors (Lipinski definition) is 0. The van der Waals surface area contributed by atoms with Crippen LogP contribution in [0.5, 0.6) is 0 Å². The Kier molecular flexibility index (Phi) is 3.11. The maximum absolute atomic E-state index is 5.98. The SMILES string of the molecule is CN1CC2CN(c3ccc(Br)cc3)CC(C1)O2. The zero-order valence-electron chi connectivity index (χ0n) is 9.97. The van der Waals surface area contributed by atoms with Gasteiger partial charge in [-0.25, -0.2) is 0 Å². The van der Waals surface area contributed by atoms with Crippen molar-refractivity contribution in [3.8, 4) is 0 Å². The van der Waals surface area contributed by atoms with Crippen LogP contribution in [0.4, 0.5) is 5.69 Å². The lowest BCUT2D eigenvalue weighted by Gasteiger charge is -2.45. The van der Waals surface area contributed by atoms with Crippen LogP contribution in [0, 0.1) is 0 Å². The molecule has 2 aliphatic heterocycles. The monoisotopic (exact) mass is 296 g/mol. The van der Waals surface area contributed by atoms with Crippen molar-refractivity contribution in [2.45, 2.75) is 12.2 Å². The van der Waals surface area contributed by atoms with E-state index in [1.165, 1.54) is 5.69 Å². The van der Waals surface area contributed by atoms with Crippen molar-refractivity contribution in [2.24, 2.45) is 0 Å². The fourth-order valence-electron chi connectivity index (χ4n) is 2.76. The molecular formula is C13H17BrN2O. The molecule has 1 aromatic rings. The Balaban J connectivity index is 1.75.